The Labute approximate surface area is 174 Å². The van der Waals surface area contributed by atoms with Gasteiger partial charge in [0, 0.05) is 15.4 Å². The SMILES string of the molecule is Cc1c(C(=O)NNC(=O)COc2ccc3cc(Br)ccc3c2)oc2ccccc12. The van der Waals surface area contributed by atoms with E-state index in [1.807, 2.05) is 48.5 Å². The van der Waals surface area contributed by atoms with Crippen molar-refractivity contribution in [3.8, 4) is 5.75 Å². The molecule has 4 rings (SSSR count). The highest BCUT2D eigenvalue weighted by Crippen LogP contribution is 2.25. The summed E-state index contributed by atoms with van der Waals surface area (Å²) in [6, 6.07) is 18.8. The summed E-state index contributed by atoms with van der Waals surface area (Å²) < 4.78 is 12.1. The number of hydrogen-bond donors (Lipinski definition) is 2. The predicted octanol–water partition coefficient (Wildman–Crippen LogP) is 4.50. The lowest BCUT2D eigenvalue weighted by Crippen LogP contribution is -2.43. The Morgan fingerprint density at radius 2 is 1.76 bits per heavy atom. The second-order valence-corrected chi connectivity index (χ2v) is 7.41. The second kappa shape index (κ2) is 7.97. The highest BCUT2D eigenvalue weighted by atomic mass is 79.9. The van der Waals surface area contributed by atoms with E-state index in [9.17, 15) is 9.59 Å². The van der Waals surface area contributed by atoms with Gasteiger partial charge in [0.15, 0.2) is 12.4 Å². The van der Waals surface area contributed by atoms with E-state index in [4.69, 9.17) is 9.15 Å². The molecule has 0 aliphatic carbocycles. The highest BCUT2D eigenvalue weighted by molar-refractivity contribution is 9.10. The van der Waals surface area contributed by atoms with Crippen molar-refractivity contribution < 1.29 is 18.7 Å². The van der Waals surface area contributed by atoms with Crippen molar-refractivity contribution in [2.45, 2.75) is 6.92 Å². The van der Waals surface area contributed by atoms with Crippen LogP contribution in [0.4, 0.5) is 0 Å². The quantitative estimate of drug-likeness (QED) is 0.446. The largest absolute Gasteiger partial charge is 0.484 e. The van der Waals surface area contributed by atoms with Crippen molar-refractivity contribution >= 4 is 49.5 Å². The third-order valence-electron chi connectivity index (χ3n) is 4.51. The van der Waals surface area contributed by atoms with Crippen LogP contribution in [-0.2, 0) is 4.79 Å². The lowest BCUT2D eigenvalue weighted by atomic mass is 10.1. The first-order chi connectivity index (χ1) is 14.0. The molecule has 0 saturated heterocycles. The van der Waals surface area contributed by atoms with E-state index in [1.165, 1.54) is 0 Å². The van der Waals surface area contributed by atoms with E-state index in [1.54, 1.807) is 19.1 Å². The summed E-state index contributed by atoms with van der Waals surface area (Å²) in [6.07, 6.45) is 0. The summed E-state index contributed by atoms with van der Waals surface area (Å²) in [5.74, 6) is -0.283. The van der Waals surface area contributed by atoms with Crippen LogP contribution >= 0.6 is 15.9 Å². The van der Waals surface area contributed by atoms with E-state index >= 15 is 0 Å². The molecule has 0 aliphatic rings. The molecule has 1 heterocycles. The Kier molecular flexibility index (Phi) is 5.22. The van der Waals surface area contributed by atoms with Crippen molar-refractivity contribution in [2.24, 2.45) is 0 Å². The number of ether oxygens (including phenoxy) is 1. The lowest BCUT2D eigenvalue weighted by molar-refractivity contribution is -0.123. The Bertz CT molecular complexity index is 1230. The number of carbonyl (C=O) groups excluding carboxylic acids is 2. The normalized spacial score (nSPS) is 10.8. The van der Waals surface area contributed by atoms with Gasteiger partial charge in [0.25, 0.3) is 5.91 Å². The van der Waals surface area contributed by atoms with Gasteiger partial charge in [0.1, 0.15) is 11.3 Å². The molecular weight excluding hydrogens is 436 g/mol. The fourth-order valence-electron chi connectivity index (χ4n) is 3.04. The van der Waals surface area contributed by atoms with Crippen molar-refractivity contribution in [3.63, 3.8) is 0 Å². The molecule has 1 aromatic heterocycles. The van der Waals surface area contributed by atoms with Gasteiger partial charge in [-0.15, -0.1) is 0 Å². The van der Waals surface area contributed by atoms with Gasteiger partial charge in [-0.05, 0) is 48.0 Å². The van der Waals surface area contributed by atoms with Gasteiger partial charge >= 0.3 is 5.91 Å². The number of para-hydroxylation sites is 1. The smallest absolute Gasteiger partial charge is 0.305 e. The molecule has 0 atom stereocenters. The lowest BCUT2D eigenvalue weighted by Gasteiger charge is -2.09. The standard InChI is InChI=1S/C22H17BrN2O4/c1-13-18-4-2-3-5-19(18)29-21(13)22(27)25-24-20(26)12-28-17-9-7-14-10-16(23)8-6-15(14)11-17/h2-11H,12H2,1H3,(H,24,26)(H,25,27). The minimum absolute atomic E-state index is 0.160. The van der Waals surface area contributed by atoms with Crippen LogP contribution in [0.2, 0.25) is 0 Å². The summed E-state index contributed by atoms with van der Waals surface area (Å²) >= 11 is 3.44. The molecule has 0 radical (unpaired) electrons. The van der Waals surface area contributed by atoms with Crippen LogP contribution in [0.3, 0.4) is 0 Å². The van der Waals surface area contributed by atoms with Gasteiger partial charge in [-0.25, -0.2) is 0 Å². The molecule has 4 aromatic rings. The molecule has 2 amide bonds. The van der Waals surface area contributed by atoms with Crippen molar-refractivity contribution in [3.05, 3.63) is 76.5 Å². The van der Waals surface area contributed by atoms with E-state index < -0.39 is 11.8 Å². The third kappa shape index (κ3) is 4.09. The Morgan fingerprint density at radius 1 is 1.00 bits per heavy atom. The van der Waals surface area contributed by atoms with Crippen LogP contribution < -0.4 is 15.6 Å². The van der Waals surface area contributed by atoms with Gasteiger partial charge < -0.3 is 9.15 Å². The minimum Gasteiger partial charge on any atom is -0.484 e. The topological polar surface area (TPSA) is 80.6 Å². The summed E-state index contributed by atoms with van der Waals surface area (Å²) in [7, 11) is 0. The number of nitrogens with one attached hydrogen (secondary N) is 2. The first-order valence-electron chi connectivity index (χ1n) is 8.91. The maximum Gasteiger partial charge on any atom is 0.305 e. The number of halogens is 1. The molecule has 7 heteroatoms. The first-order valence-corrected chi connectivity index (χ1v) is 9.70. The van der Waals surface area contributed by atoms with Crippen LogP contribution in [0, 0.1) is 6.92 Å². The van der Waals surface area contributed by atoms with Crippen molar-refractivity contribution in [2.75, 3.05) is 6.61 Å². The van der Waals surface area contributed by atoms with Gasteiger partial charge in [-0.1, -0.05) is 46.3 Å². The zero-order chi connectivity index (χ0) is 20.4. The summed E-state index contributed by atoms with van der Waals surface area (Å²) in [5.41, 5.74) is 6.03. The number of carbonyl (C=O) groups is 2. The molecule has 0 aliphatic heterocycles. The number of amides is 2. The highest BCUT2D eigenvalue weighted by Gasteiger charge is 2.17. The first kappa shape index (κ1) is 19.0. The number of benzene rings is 3. The van der Waals surface area contributed by atoms with Crippen LogP contribution in [0.15, 0.2) is 69.6 Å². The molecular formula is C22H17BrN2O4. The average molecular weight is 453 g/mol. The fraction of sp³-hybridized carbons (Fsp3) is 0.0909. The van der Waals surface area contributed by atoms with Crippen molar-refractivity contribution in [1.82, 2.24) is 10.9 Å². The molecule has 146 valence electrons. The molecule has 6 nitrogen and oxygen atoms in total. The van der Waals surface area contributed by atoms with Gasteiger partial charge in [-0.3, -0.25) is 20.4 Å². The molecule has 2 N–H and O–H groups in total. The van der Waals surface area contributed by atoms with Gasteiger partial charge in [0.2, 0.25) is 0 Å². The molecule has 0 bridgehead atoms. The fourth-order valence-corrected chi connectivity index (χ4v) is 3.42. The number of rotatable bonds is 4. The number of aryl methyl sites for hydroxylation is 1. The number of furan rings is 1. The van der Waals surface area contributed by atoms with Crippen LogP contribution in [0.5, 0.6) is 5.75 Å². The minimum atomic E-state index is -0.525. The monoisotopic (exact) mass is 452 g/mol. The maximum atomic E-state index is 12.3. The molecule has 0 saturated carbocycles. The third-order valence-corrected chi connectivity index (χ3v) is 5.00. The molecule has 29 heavy (non-hydrogen) atoms. The second-order valence-electron chi connectivity index (χ2n) is 6.50. The maximum absolute atomic E-state index is 12.3. The zero-order valence-electron chi connectivity index (χ0n) is 15.5. The summed E-state index contributed by atoms with van der Waals surface area (Å²) in [4.78, 5) is 24.4. The zero-order valence-corrected chi connectivity index (χ0v) is 17.1. The molecule has 0 unspecified atom stereocenters. The summed E-state index contributed by atoms with van der Waals surface area (Å²) in [5, 5.41) is 2.92. The van der Waals surface area contributed by atoms with Crippen LogP contribution in [-0.4, -0.2) is 18.4 Å². The number of hydrogen-bond acceptors (Lipinski definition) is 4. The van der Waals surface area contributed by atoms with Crippen LogP contribution in [0.1, 0.15) is 16.1 Å². The van der Waals surface area contributed by atoms with E-state index in [-0.39, 0.29) is 12.4 Å². The number of hydrazine groups is 1. The Balaban J connectivity index is 1.34. The average Bonchev–Trinajstić information content (AvgIpc) is 3.07. The summed E-state index contributed by atoms with van der Waals surface area (Å²) in [6.45, 7) is 1.56. The van der Waals surface area contributed by atoms with Crippen LogP contribution in [0.25, 0.3) is 21.7 Å². The molecule has 3 aromatic carbocycles. The number of fused-ring (bicyclic) bond motifs is 2. The Morgan fingerprint density at radius 3 is 2.59 bits per heavy atom. The van der Waals surface area contributed by atoms with Gasteiger partial charge in [-0.2, -0.15) is 0 Å². The van der Waals surface area contributed by atoms with E-state index in [2.05, 4.69) is 26.8 Å². The Hall–Kier alpha value is -3.32. The van der Waals surface area contributed by atoms with E-state index in [0.29, 0.717) is 16.9 Å². The predicted molar refractivity (Wildman–Crippen MR) is 114 cm³/mol. The molecule has 0 fully saturated rings. The van der Waals surface area contributed by atoms with Gasteiger partial charge in [0.05, 0.1) is 0 Å². The van der Waals surface area contributed by atoms with E-state index in [0.717, 1.165) is 20.6 Å². The molecule has 0 spiro atoms. The van der Waals surface area contributed by atoms with Crippen molar-refractivity contribution in [1.29, 1.82) is 0 Å².